The molecule has 1 aromatic carbocycles. The third-order valence-electron chi connectivity index (χ3n) is 4.33. The lowest BCUT2D eigenvalue weighted by molar-refractivity contribution is -0.127. The second-order valence-corrected chi connectivity index (χ2v) is 8.31. The van der Waals surface area contributed by atoms with E-state index in [1.165, 1.54) is 6.07 Å². The molecule has 1 aromatic rings. The zero-order chi connectivity index (χ0) is 18.1. The number of esters is 2. The molecule has 2 heterocycles. The van der Waals surface area contributed by atoms with Crippen LogP contribution in [-0.2, 0) is 18.9 Å². The highest BCUT2D eigenvalue weighted by Crippen LogP contribution is 2.29. The lowest BCUT2D eigenvalue weighted by Gasteiger charge is -2.37. The summed E-state index contributed by atoms with van der Waals surface area (Å²) in [7, 11) is 0. The van der Waals surface area contributed by atoms with Gasteiger partial charge in [-0.15, -0.1) is 0 Å². The topological polar surface area (TPSA) is 71.1 Å². The van der Waals surface area contributed by atoms with Crippen molar-refractivity contribution < 1.29 is 28.5 Å². The monoisotopic (exact) mass is 412 g/mol. The van der Waals surface area contributed by atoms with Crippen LogP contribution in [0.15, 0.2) is 22.7 Å². The molecule has 0 aromatic heterocycles. The molecule has 6 nitrogen and oxygen atoms in total. The van der Waals surface area contributed by atoms with Gasteiger partial charge in [0, 0.05) is 15.3 Å². The molecule has 0 atom stereocenters. The van der Waals surface area contributed by atoms with Crippen molar-refractivity contribution in [3.63, 3.8) is 0 Å². The number of hydrogen-bond donors (Lipinski definition) is 0. The number of ether oxygens (including phenoxy) is 4. The Morgan fingerprint density at radius 3 is 2.00 bits per heavy atom. The number of rotatable bonds is 6. The first-order valence-corrected chi connectivity index (χ1v) is 8.89. The van der Waals surface area contributed by atoms with Crippen molar-refractivity contribution in [1.82, 2.24) is 0 Å². The fraction of sp³-hybridized carbons (Fsp3) is 0.556. The van der Waals surface area contributed by atoms with Gasteiger partial charge in [0.1, 0.15) is 13.2 Å². The molecule has 0 saturated carbocycles. The van der Waals surface area contributed by atoms with E-state index in [4.69, 9.17) is 18.9 Å². The second-order valence-electron chi connectivity index (χ2n) is 7.45. The highest BCUT2D eigenvalue weighted by Gasteiger charge is 2.36. The molecule has 2 aliphatic rings. The average Bonchev–Trinajstić information content (AvgIpc) is 2.54. The molecule has 2 aliphatic heterocycles. The van der Waals surface area contributed by atoms with E-state index in [9.17, 15) is 9.59 Å². The van der Waals surface area contributed by atoms with Gasteiger partial charge in [-0.2, -0.15) is 0 Å². The van der Waals surface area contributed by atoms with Crippen LogP contribution in [0.4, 0.5) is 0 Å². The maximum atomic E-state index is 12.3. The van der Waals surface area contributed by atoms with Gasteiger partial charge in [-0.1, -0.05) is 13.8 Å². The highest BCUT2D eigenvalue weighted by atomic mass is 79.9. The van der Waals surface area contributed by atoms with E-state index in [-0.39, 0.29) is 17.4 Å². The molecular formula is C18H21BrO6. The fourth-order valence-electron chi connectivity index (χ4n) is 2.52. The van der Waals surface area contributed by atoms with E-state index >= 15 is 0 Å². The molecule has 25 heavy (non-hydrogen) atoms. The molecule has 3 rings (SSSR count). The second kappa shape index (κ2) is 7.05. The zero-order valence-electron chi connectivity index (χ0n) is 14.3. The van der Waals surface area contributed by atoms with Crippen LogP contribution in [0.25, 0.3) is 0 Å². The first-order chi connectivity index (χ1) is 11.8. The van der Waals surface area contributed by atoms with E-state index in [0.29, 0.717) is 48.6 Å². The molecule has 2 fully saturated rings. The number of halogens is 1. The lowest BCUT2D eigenvalue weighted by atomic mass is 9.90. The predicted octanol–water partition coefficient (Wildman–Crippen LogP) is 2.84. The Labute approximate surface area is 154 Å². The Morgan fingerprint density at radius 2 is 1.52 bits per heavy atom. The van der Waals surface area contributed by atoms with Crippen molar-refractivity contribution in [1.29, 1.82) is 0 Å². The summed E-state index contributed by atoms with van der Waals surface area (Å²) in [5.74, 6) is -0.942. The molecule has 136 valence electrons. The quantitative estimate of drug-likeness (QED) is 0.668. The molecule has 0 radical (unpaired) electrons. The van der Waals surface area contributed by atoms with Gasteiger partial charge in [0.25, 0.3) is 0 Å². The molecule has 0 amide bonds. The predicted molar refractivity (Wildman–Crippen MR) is 92.6 cm³/mol. The number of benzene rings is 1. The van der Waals surface area contributed by atoms with Crippen molar-refractivity contribution in [2.75, 3.05) is 39.6 Å². The molecular weight excluding hydrogens is 392 g/mol. The minimum absolute atomic E-state index is 0.118. The third kappa shape index (κ3) is 4.22. The van der Waals surface area contributed by atoms with E-state index in [1.807, 2.05) is 13.8 Å². The maximum Gasteiger partial charge on any atom is 0.339 e. The van der Waals surface area contributed by atoms with Crippen molar-refractivity contribution in [3.05, 3.63) is 33.8 Å². The molecule has 0 unspecified atom stereocenters. The van der Waals surface area contributed by atoms with E-state index in [0.717, 1.165) is 0 Å². The fourth-order valence-corrected chi connectivity index (χ4v) is 2.93. The number of hydrogen-bond acceptors (Lipinski definition) is 6. The van der Waals surface area contributed by atoms with Gasteiger partial charge < -0.3 is 18.9 Å². The van der Waals surface area contributed by atoms with Gasteiger partial charge in [0.15, 0.2) is 0 Å². The van der Waals surface area contributed by atoms with Crippen molar-refractivity contribution in [3.8, 4) is 0 Å². The van der Waals surface area contributed by atoms with Crippen LogP contribution in [-0.4, -0.2) is 51.6 Å². The summed E-state index contributed by atoms with van der Waals surface area (Å²) < 4.78 is 21.6. The summed E-state index contributed by atoms with van der Waals surface area (Å²) in [6, 6.07) is 4.76. The molecule has 2 saturated heterocycles. The highest BCUT2D eigenvalue weighted by molar-refractivity contribution is 9.10. The van der Waals surface area contributed by atoms with Gasteiger partial charge in [-0.3, -0.25) is 0 Å². The minimum atomic E-state index is -0.478. The maximum absolute atomic E-state index is 12.3. The summed E-state index contributed by atoms with van der Waals surface area (Å²) in [6.07, 6.45) is 0. The molecule has 7 heteroatoms. The van der Waals surface area contributed by atoms with Gasteiger partial charge in [-0.05, 0) is 34.1 Å². The summed E-state index contributed by atoms with van der Waals surface area (Å²) in [5.41, 5.74) is 0.375. The average molecular weight is 413 g/mol. The summed E-state index contributed by atoms with van der Waals surface area (Å²) in [5, 5.41) is 0. The number of carbonyl (C=O) groups excluding carboxylic acids is 2. The van der Waals surface area contributed by atoms with Crippen molar-refractivity contribution >= 4 is 27.9 Å². The van der Waals surface area contributed by atoms with Crippen molar-refractivity contribution in [2.24, 2.45) is 10.8 Å². The zero-order valence-corrected chi connectivity index (χ0v) is 15.9. The van der Waals surface area contributed by atoms with Crippen LogP contribution >= 0.6 is 15.9 Å². The largest absolute Gasteiger partial charge is 0.461 e. The van der Waals surface area contributed by atoms with Crippen LogP contribution in [0.5, 0.6) is 0 Å². The van der Waals surface area contributed by atoms with Crippen LogP contribution in [0.3, 0.4) is 0 Å². The third-order valence-corrected chi connectivity index (χ3v) is 5.02. The Hall–Kier alpha value is -1.44. The van der Waals surface area contributed by atoms with Gasteiger partial charge in [0.2, 0.25) is 0 Å². The van der Waals surface area contributed by atoms with Crippen LogP contribution in [0.2, 0.25) is 0 Å². The SMILES string of the molecule is CC1(COC(=O)c2ccc(Br)c(C(=O)OCC3(C)COC3)c2)COC1. The normalized spacial score (nSPS) is 20.1. The Balaban J connectivity index is 1.62. The van der Waals surface area contributed by atoms with E-state index in [1.54, 1.807) is 12.1 Å². The first kappa shape index (κ1) is 18.4. The molecule has 0 bridgehead atoms. The molecule has 0 spiro atoms. The summed E-state index contributed by atoms with van der Waals surface area (Å²) in [4.78, 5) is 24.6. The van der Waals surface area contributed by atoms with Gasteiger partial charge in [0.05, 0.1) is 37.6 Å². The smallest absolute Gasteiger partial charge is 0.339 e. The molecule has 0 N–H and O–H groups in total. The Bertz CT molecular complexity index is 678. The van der Waals surface area contributed by atoms with Crippen LogP contribution in [0, 0.1) is 10.8 Å². The summed E-state index contributed by atoms with van der Waals surface area (Å²) in [6.45, 7) is 6.90. The summed E-state index contributed by atoms with van der Waals surface area (Å²) >= 11 is 3.33. The standard InChI is InChI=1S/C18H21BrO6/c1-17(6-22-7-17)10-24-15(20)12-3-4-14(19)13(5-12)16(21)25-11-18(2)8-23-9-18/h3-5H,6-11H2,1-2H3. The van der Waals surface area contributed by atoms with Crippen LogP contribution in [0.1, 0.15) is 34.6 Å². The van der Waals surface area contributed by atoms with E-state index in [2.05, 4.69) is 15.9 Å². The van der Waals surface area contributed by atoms with Gasteiger partial charge in [-0.25, -0.2) is 9.59 Å². The first-order valence-electron chi connectivity index (χ1n) is 8.10. The number of carbonyl (C=O) groups is 2. The molecule has 0 aliphatic carbocycles. The lowest BCUT2D eigenvalue weighted by Crippen LogP contribution is -2.44. The van der Waals surface area contributed by atoms with Crippen molar-refractivity contribution in [2.45, 2.75) is 13.8 Å². The van der Waals surface area contributed by atoms with Gasteiger partial charge >= 0.3 is 11.9 Å². The Kier molecular flexibility index (Phi) is 5.18. The van der Waals surface area contributed by atoms with Crippen LogP contribution < -0.4 is 0 Å². The Morgan fingerprint density at radius 1 is 1.00 bits per heavy atom. The minimum Gasteiger partial charge on any atom is -0.461 e. The van der Waals surface area contributed by atoms with E-state index < -0.39 is 11.9 Å².